The number of carboxylic acids is 1. The Morgan fingerprint density at radius 1 is 1.23 bits per heavy atom. The lowest BCUT2D eigenvalue weighted by molar-refractivity contribution is -0.139. The zero-order valence-electron chi connectivity index (χ0n) is 15.0. The fourth-order valence-corrected chi connectivity index (χ4v) is 2.71. The highest BCUT2D eigenvalue weighted by Crippen LogP contribution is 2.21. The molecule has 1 heterocycles. The van der Waals surface area contributed by atoms with E-state index >= 15 is 0 Å². The van der Waals surface area contributed by atoms with Crippen LogP contribution in [0.15, 0.2) is 33.9 Å². The topological polar surface area (TPSA) is 121 Å². The number of carbonyl (C=O) groups excluding carboxylic acids is 1. The molecule has 1 aromatic carbocycles. The molecule has 8 heteroatoms. The second kappa shape index (κ2) is 7.55. The molecule has 0 radical (unpaired) electrons. The van der Waals surface area contributed by atoms with E-state index in [0.29, 0.717) is 5.39 Å². The smallest absolute Gasteiger partial charge is 0.305 e. The largest absolute Gasteiger partial charge is 0.481 e. The number of nitrogens with zero attached hydrogens (tertiary/aromatic N) is 1. The molecule has 0 aliphatic carbocycles. The summed E-state index contributed by atoms with van der Waals surface area (Å²) in [6.07, 6.45) is -0.265. The second-order valence-electron chi connectivity index (χ2n) is 6.88. The molecule has 1 aromatic heterocycles. The molecule has 1 unspecified atom stereocenters. The van der Waals surface area contributed by atoms with Crippen molar-refractivity contribution < 1.29 is 14.7 Å². The fourth-order valence-electron chi connectivity index (χ4n) is 2.71. The molecule has 2 aromatic rings. The summed E-state index contributed by atoms with van der Waals surface area (Å²) < 4.78 is 1.11. The number of amides is 1. The van der Waals surface area contributed by atoms with Crippen molar-refractivity contribution >= 4 is 22.6 Å². The molecule has 0 fully saturated rings. The number of aryl methyl sites for hydroxylation is 1. The summed E-state index contributed by atoms with van der Waals surface area (Å²) in [6, 6.07) is 6.46. The predicted molar refractivity (Wildman–Crippen MR) is 97.1 cm³/mol. The molecule has 0 aliphatic rings. The number of aromatic amines is 1. The molecule has 8 nitrogen and oxygen atoms in total. The van der Waals surface area contributed by atoms with Gasteiger partial charge >= 0.3 is 5.97 Å². The number of carbonyl (C=O) groups is 2. The Morgan fingerprint density at radius 3 is 2.42 bits per heavy atom. The third kappa shape index (κ3) is 4.19. The van der Waals surface area contributed by atoms with Crippen molar-refractivity contribution in [3.8, 4) is 0 Å². The summed E-state index contributed by atoms with van der Waals surface area (Å²) in [5.41, 5.74) is -1.69. The minimum absolute atomic E-state index is 0.00795. The Balaban J connectivity index is 2.16. The van der Waals surface area contributed by atoms with Gasteiger partial charge in [-0.15, -0.1) is 0 Å². The first kappa shape index (κ1) is 19.4. The molecular formula is C18H23N3O5. The first-order chi connectivity index (χ1) is 12.1. The summed E-state index contributed by atoms with van der Waals surface area (Å²) in [7, 11) is 0. The minimum Gasteiger partial charge on any atom is -0.481 e. The van der Waals surface area contributed by atoms with Crippen molar-refractivity contribution in [2.75, 3.05) is 0 Å². The van der Waals surface area contributed by atoms with Gasteiger partial charge in [0.05, 0.1) is 23.7 Å². The van der Waals surface area contributed by atoms with E-state index < -0.39 is 17.1 Å². The number of carboxylic acid groups (broad SMARTS) is 1. The number of fused-ring (bicyclic) bond motifs is 1. The average molecular weight is 361 g/mol. The van der Waals surface area contributed by atoms with Crippen LogP contribution < -0.4 is 16.4 Å². The van der Waals surface area contributed by atoms with Gasteiger partial charge in [-0.1, -0.05) is 26.0 Å². The summed E-state index contributed by atoms with van der Waals surface area (Å²) >= 11 is 0. The first-order valence-corrected chi connectivity index (χ1v) is 8.38. The Morgan fingerprint density at radius 2 is 1.85 bits per heavy atom. The standard InChI is InChI=1S/C18H23N3O5/c1-11(2)18(3,10-15(23)24)19-14(22)8-9-21-17(26)13-7-5-4-6-12(13)16(25)20-21/h4-7,11H,8-10H2,1-3H3,(H,19,22)(H,20,25)(H,23,24). The van der Waals surface area contributed by atoms with Gasteiger partial charge in [-0.2, -0.15) is 0 Å². The lowest BCUT2D eigenvalue weighted by Gasteiger charge is -2.33. The molecule has 0 saturated carbocycles. The Kier molecular flexibility index (Phi) is 5.64. The van der Waals surface area contributed by atoms with E-state index in [1.807, 2.05) is 13.8 Å². The predicted octanol–water partition coefficient (Wildman–Crippen LogP) is 1.09. The Labute approximate surface area is 149 Å². The highest BCUT2D eigenvalue weighted by atomic mass is 16.4. The molecule has 1 amide bonds. The molecule has 1 atom stereocenters. The minimum atomic E-state index is -1.00. The van der Waals surface area contributed by atoms with Crippen molar-refractivity contribution in [3.63, 3.8) is 0 Å². The maximum Gasteiger partial charge on any atom is 0.305 e. The van der Waals surface area contributed by atoms with E-state index in [1.165, 1.54) is 0 Å². The highest BCUT2D eigenvalue weighted by Gasteiger charge is 2.32. The number of aromatic nitrogens is 2. The van der Waals surface area contributed by atoms with Gasteiger partial charge in [0.25, 0.3) is 11.1 Å². The van der Waals surface area contributed by atoms with E-state index in [-0.39, 0.29) is 42.2 Å². The van der Waals surface area contributed by atoms with E-state index in [9.17, 15) is 19.2 Å². The normalized spacial score (nSPS) is 13.5. The van der Waals surface area contributed by atoms with Crippen molar-refractivity contribution in [1.29, 1.82) is 0 Å². The SMILES string of the molecule is CC(C)C(C)(CC(=O)O)NC(=O)CCn1[nH]c(=O)c2ccccc2c1=O. The van der Waals surface area contributed by atoms with Crippen molar-refractivity contribution in [2.45, 2.75) is 45.7 Å². The molecule has 0 spiro atoms. The molecular weight excluding hydrogens is 338 g/mol. The van der Waals surface area contributed by atoms with E-state index in [0.717, 1.165) is 4.68 Å². The summed E-state index contributed by atoms with van der Waals surface area (Å²) in [5, 5.41) is 14.8. The number of nitrogens with one attached hydrogen (secondary N) is 2. The van der Waals surface area contributed by atoms with Crippen LogP contribution in [0.2, 0.25) is 0 Å². The fraction of sp³-hybridized carbons (Fsp3) is 0.444. The van der Waals surface area contributed by atoms with Crippen LogP contribution >= 0.6 is 0 Å². The number of hydrogen-bond acceptors (Lipinski definition) is 4. The van der Waals surface area contributed by atoms with Crippen LogP contribution in [-0.2, 0) is 16.1 Å². The van der Waals surface area contributed by atoms with Crippen molar-refractivity contribution in [1.82, 2.24) is 15.1 Å². The third-order valence-electron chi connectivity index (χ3n) is 4.66. The summed E-state index contributed by atoms with van der Waals surface area (Å²) in [5.74, 6) is -1.48. The number of H-pyrrole nitrogens is 1. The van der Waals surface area contributed by atoms with Crippen LogP contribution in [0.3, 0.4) is 0 Å². The highest BCUT2D eigenvalue weighted by molar-refractivity contribution is 5.80. The van der Waals surface area contributed by atoms with Gasteiger partial charge < -0.3 is 10.4 Å². The molecule has 140 valence electrons. The van der Waals surface area contributed by atoms with Gasteiger partial charge in [-0.25, -0.2) is 4.68 Å². The van der Waals surface area contributed by atoms with Gasteiger partial charge in [0.1, 0.15) is 0 Å². The second-order valence-corrected chi connectivity index (χ2v) is 6.88. The van der Waals surface area contributed by atoms with Gasteiger partial charge in [0.2, 0.25) is 5.91 Å². The molecule has 0 saturated heterocycles. The Bertz CT molecular complexity index is 944. The lowest BCUT2D eigenvalue weighted by Crippen LogP contribution is -2.51. The van der Waals surface area contributed by atoms with Gasteiger partial charge in [-0.05, 0) is 25.0 Å². The molecule has 3 N–H and O–H groups in total. The van der Waals surface area contributed by atoms with Crippen LogP contribution in [0.5, 0.6) is 0 Å². The number of rotatable bonds is 7. The molecule has 2 rings (SSSR count). The lowest BCUT2D eigenvalue weighted by atomic mass is 9.85. The average Bonchev–Trinajstić information content (AvgIpc) is 2.56. The maximum absolute atomic E-state index is 12.4. The number of benzene rings is 1. The zero-order chi connectivity index (χ0) is 19.5. The van der Waals surface area contributed by atoms with Crippen LogP contribution in [-0.4, -0.2) is 32.3 Å². The van der Waals surface area contributed by atoms with Crippen molar-refractivity contribution in [2.24, 2.45) is 5.92 Å². The summed E-state index contributed by atoms with van der Waals surface area (Å²) in [6.45, 7) is 5.32. The number of hydrogen-bond donors (Lipinski definition) is 3. The Hall–Kier alpha value is -2.90. The van der Waals surface area contributed by atoms with Crippen LogP contribution in [0, 0.1) is 5.92 Å². The van der Waals surface area contributed by atoms with Crippen LogP contribution in [0.25, 0.3) is 10.8 Å². The van der Waals surface area contributed by atoms with Gasteiger partial charge in [0, 0.05) is 12.0 Å². The van der Waals surface area contributed by atoms with Gasteiger partial charge in [-0.3, -0.25) is 24.3 Å². The quantitative estimate of drug-likeness (QED) is 0.681. The van der Waals surface area contributed by atoms with Crippen LogP contribution in [0.1, 0.15) is 33.6 Å². The summed E-state index contributed by atoms with van der Waals surface area (Å²) in [4.78, 5) is 47.8. The van der Waals surface area contributed by atoms with Crippen molar-refractivity contribution in [3.05, 3.63) is 45.0 Å². The molecule has 0 bridgehead atoms. The third-order valence-corrected chi connectivity index (χ3v) is 4.66. The van der Waals surface area contributed by atoms with E-state index in [2.05, 4.69) is 10.4 Å². The first-order valence-electron chi connectivity index (χ1n) is 8.38. The zero-order valence-corrected chi connectivity index (χ0v) is 15.0. The molecule has 26 heavy (non-hydrogen) atoms. The van der Waals surface area contributed by atoms with E-state index in [1.54, 1.807) is 31.2 Å². The maximum atomic E-state index is 12.4. The number of aliphatic carboxylic acids is 1. The monoisotopic (exact) mass is 361 g/mol. The van der Waals surface area contributed by atoms with Crippen LogP contribution in [0.4, 0.5) is 0 Å². The van der Waals surface area contributed by atoms with E-state index in [4.69, 9.17) is 5.11 Å². The van der Waals surface area contributed by atoms with Gasteiger partial charge in [0.15, 0.2) is 0 Å². The molecule has 0 aliphatic heterocycles.